The molecule has 20 heavy (non-hydrogen) atoms. The molecule has 0 aliphatic heterocycles. The van der Waals surface area contributed by atoms with Crippen molar-refractivity contribution in [2.75, 3.05) is 0 Å². The molecular formula is C17H20BrNO. The van der Waals surface area contributed by atoms with Gasteiger partial charge in [-0.2, -0.15) is 0 Å². The number of benzene rings is 1. The molecule has 2 aromatic rings. The van der Waals surface area contributed by atoms with Crippen LogP contribution in [-0.4, -0.2) is 4.98 Å². The molecule has 0 aliphatic carbocycles. The number of pyridine rings is 1. The SMILES string of the molecule is Cc1ccc(C(C)(C)C)c(OCc2cncc(Br)c2)c1. The second-order valence-electron chi connectivity index (χ2n) is 6.05. The highest BCUT2D eigenvalue weighted by atomic mass is 79.9. The van der Waals surface area contributed by atoms with E-state index in [1.807, 2.05) is 12.3 Å². The zero-order chi connectivity index (χ0) is 14.8. The van der Waals surface area contributed by atoms with Gasteiger partial charge in [-0.3, -0.25) is 4.98 Å². The Labute approximate surface area is 129 Å². The maximum absolute atomic E-state index is 6.02. The van der Waals surface area contributed by atoms with Gasteiger partial charge in [-0.25, -0.2) is 0 Å². The number of nitrogens with zero attached hydrogens (tertiary/aromatic N) is 1. The highest BCUT2D eigenvalue weighted by molar-refractivity contribution is 9.10. The number of aromatic nitrogens is 1. The molecular weight excluding hydrogens is 314 g/mol. The maximum atomic E-state index is 6.02. The second-order valence-corrected chi connectivity index (χ2v) is 6.97. The Kier molecular flexibility index (Phi) is 4.48. The minimum Gasteiger partial charge on any atom is -0.489 e. The molecule has 0 saturated heterocycles. The summed E-state index contributed by atoms with van der Waals surface area (Å²) in [5, 5.41) is 0. The van der Waals surface area contributed by atoms with E-state index < -0.39 is 0 Å². The van der Waals surface area contributed by atoms with Crippen molar-refractivity contribution in [1.29, 1.82) is 0 Å². The highest BCUT2D eigenvalue weighted by Gasteiger charge is 2.19. The molecule has 1 aromatic heterocycles. The molecule has 0 N–H and O–H groups in total. The van der Waals surface area contributed by atoms with Crippen LogP contribution in [0.3, 0.4) is 0 Å². The van der Waals surface area contributed by atoms with Gasteiger partial charge in [0.25, 0.3) is 0 Å². The molecule has 1 heterocycles. The van der Waals surface area contributed by atoms with Crippen LogP contribution in [0.2, 0.25) is 0 Å². The fraction of sp³-hybridized carbons (Fsp3) is 0.353. The molecule has 2 nitrogen and oxygen atoms in total. The molecule has 0 fully saturated rings. The molecule has 1 aromatic carbocycles. The molecule has 0 bridgehead atoms. The summed E-state index contributed by atoms with van der Waals surface area (Å²) in [6, 6.07) is 8.42. The first-order chi connectivity index (χ1) is 9.36. The average molecular weight is 334 g/mol. The largest absolute Gasteiger partial charge is 0.489 e. The summed E-state index contributed by atoms with van der Waals surface area (Å²) in [6.45, 7) is 9.21. The van der Waals surface area contributed by atoms with E-state index in [1.54, 1.807) is 6.20 Å². The van der Waals surface area contributed by atoms with Crippen molar-refractivity contribution >= 4 is 15.9 Å². The van der Waals surface area contributed by atoms with E-state index in [0.717, 1.165) is 15.8 Å². The fourth-order valence-corrected chi connectivity index (χ4v) is 2.48. The van der Waals surface area contributed by atoms with Crippen molar-refractivity contribution in [2.24, 2.45) is 0 Å². The summed E-state index contributed by atoms with van der Waals surface area (Å²) in [5.74, 6) is 0.956. The van der Waals surface area contributed by atoms with Crippen molar-refractivity contribution < 1.29 is 4.74 Å². The van der Waals surface area contributed by atoms with Crippen LogP contribution < -0.4 is 4.74 Å². The van der Waals surface area contributed by atoms with E-state index in [-0.39, 0.29) is 5.41 Å². The molecule has 0 aliphatic rings. The fourth-order valence-electron chi connectivity index (χ4n) is 2.06. The molecule has 0 saturated carbocycles. The van der Waals surface area contributed by atoms with Gasteiger partial charge in [0.1, 0.15) is 12.4 Å². The van der Waals surface area contributed by atoms with Crippen LogP contribution in [-0.2, 0) is 12.0 Å². The van der Waals surface area contributed by atoms with Gasteiger partial charge in [-0.15, -0.1) is 0 Å². The minimum atomic E-state index is 0.0680. The number of rotatable bonds is 3. The Morgan fingerprint density at radius 2 is 1.90 bits per heavy atom. The summed E-state index contributed by atoms with van der Waals surface area (Å²) < 4.78 is 7.00. The van der Waals surface area contributed by atoms with Gasteiger partial charge >= 0.3 is 0 Å². The molecule has 0 amide bonds. The Bertz CT molecular complexity index is 602. The zero-order valence-corrected chi connectivity index (χ0v) is 14.0. The van der Waals surface area contributed by atoms with Crippen molar-refractivity contribution in [3.63, 3.8) is 0 Å². The van der Waals surface area contributed by atoms with E-state index in [1.165, 1.54) is 11.1 Å². The lowest BCUT2D eigenvalue weighted by atomic mass is 9.86. The zero-order valence-electron chi connectivity index (χ0n) is 12.4. The standard InChI is InChI=1S/C17H20BrNO/c1-12-5-6-15(17(2,3)4)16(7-12)20-11-13-8-14(18)10-19-9-13/h5-10H,11H2,1-4H3. The Balaban J connectivity index is 2.22. The molecule has 106 valence electrons. The highest BCUT2D eigenvalue weighted by Crippen LogP contribution is 2.32. The van der Waals surface area contributed by atoms with Gasteiger partial charge < -0.3 is 4.74 Å². The summed E-state index contributed by atoms with van der Waals surface area (Å²) in [7, 11) is 0. The Hall–Kier alpha value is -1.35. The summed E-state index contributed by atoms with van der Waals surface area (Å²) in [4.78, 5) is 4.16. The van der Waals surface area contributed by atoms with Crippen molar-refractivity contribution in [3.8, 4) is 5.75 Å². The summed E-state index contributed by atoms with van der Waals surface area (Å²) >= 11 is 3.43. The number of hydrogen-bond donors (Lipinski definition) is 0. The van der Waals surface area contributed by atoms with Crippen molar-refractivity contribution in [2.45, 2.75) is 39.7 Å². The summed E-state index contributed by atoms with van der Waals surface area (Å²) in [5.41, 5.74) is 3.56. The summed E-state index contributed by atoms with van der Waals surface area (Å²) in [6.07, 6.45) is 3.61. The number of hydrogen-bond acceptors (Lipinski definition) is 2. The van der Waals surface area contributed by atoms with E-state index in [9.17, 15) is 0 Å². The van der Waals surface area contributed by atoms with E-state index in [0.29, 0.717) is 6.61 Å². The van der Waals surface area contributed by atoms with Gasteiger partial charge in [0.2, 0.25) is 0 Å². The van der Waals surface area contributed by atoms with Crippen LogP contribution >= 0.6 is 15.9 Å². The third kappa shape index (κ3) is 3.83. The van der Waals surface area contributed by atoms with E-state index in [2.05, 4.69) is 66.8 Å². The number of aryl methyl sites for hydroxylation is 1. The van der Waals surface area contributed by atoms with Gasteiger partial charge in [0, 0.05) is 22.4 Å². The van der Waals surface area contributed by atoms with Gasteiger partial charge in [-0.05, 0) is 51.5 Å². The Morgan fingerprint density at radius 3 is 2.55 bits per heavy atom. The second kappa shape index (κ2) is 5.96. The van der Waals surface area contributed by atoms with Gasteiger partial charge in [0.05, 0.1) is 0 Å². The molecule has 0 spiro atoms. The lowest BCUT2D eigenvalue weighted by Gasteiger charge is -2.23. The van der Waals surface area contributed by atoms with Crippen LogP contribution in [0.25, 0.3) is 0 Å². The maximum Gasteiger partial charge on any atom is 0.123 e. The molecule has 0 unspecified atom stereocenters. The van der Waals surface area contributed by atoms with Crippen molar-refractivity contribution in [3.05, 3.63) is 57.8 Å². The third-order valence-corrected chi connectivity index (χ3v) is 3.53. The molecule has 0 atom stereocenters. The number of halogens is 1. The predicted molar refractivity (Wildman–Crippen MR) is 86.1 cm³/mol. The van der Waals surface area contributed by atoms with Gasteiger partial charge in [0.15, 0.2) is 0 Å². The average Bonchev–Trinajstić information content (AvgIpc) is 2.35. The topological polar surface area (TPSA) is 22.1 Å². The van der Waals surface area contributed by atoms with E-state index in [4.69, 9.17) is 4.74 Å². The van der Waals surface area contributed by atoms with Crippen LogP contribution in [0.4, 0.5) is 0 Å². The normalized spacial score (nSPS) is 11.4. The third-order valence-electron chi connectivity index (χ3n) is 3.10. The van der Waals surface area contributed by atoms with Gasteiger partial charge in [-0.1, -0.05) is 32.9 Å². The minimum absolute atomic E-state index is 0.0680. The first kappa shape index (κ1) is 15.0. The molecule has 3 heteroatoms. The molecule has 0 radical (unpaired) electrons. The van der Waals surface area contributed by atoms with Crippen LogP contribution in [0, 0.1) is 6.92 Å². The van der Waals surface area contributed by atoms with E-state index >= 15 is 0 Å². The van der Waals surface area contributed by atoms with Crippen molar-refractivity contribution in [1.82, 2.24) is 4.98 Å². The monoisotopic (exact) mass is 333 g/mol. The smallest absolute Gasteiger partial charge is 0.123 e. The lowest BCUT2D eigenvalue weighted by Crippen LogP contribution is -2.13. The first-order valence-corrected chi connectivity index (χ1v) is 7.49. The van der Waals surface area contributed by atoms with Crippen LogP contribution in [0.15, 0.2) is 41.1 Å². The quantitative estimate of drug-likeness (QED) is 0.785. The Morgan fingerprint density at radius 1 is 1.15 bits per heavy atom. The number of ether oxygens (including phenoxy) is 1. The first-order valence-electron chi connectivity index (χ1n) is 6.69. The van der Waals surface area contributed by atoms with Crippen LogP contribution in [0.5, 0.6) is 5.75 Å². The van der Waals surface area contributed by atoms with Crippen LogP contribution in [0.1, 0.15) is 37.5 Å². The predicted octanol–water partition coefficient (Wildman–Crippen LogP) is 5.03. The molecule has 2 rings (SSSR count). The lowest BCUT2D eigenvalue weighted by molar-refractivity contribution is 0.297.